The van der Waals surface area contributed by atoms with E-state index in [2.05, 4.69) is 5.32 Å². The predicted octanol–water partition coefficient (Wildman–Crippen LogP) is 3.92. The van der Waals surface area contributed by atoms with E-state index in [0.29, 0.717) is 5.56 Å². The van der Waals surface area contributed by atoms with Gasteiger partial charge in [-0.1, -0.05) is 30.3 Å². The lowest BCUT2D eigenvalue weighted by Gasteiger charge is -2.18. The van der Waals surface area contributed by atoms with E-state index >= 15 is 0 Å². The molecule has 2 N–H and O–H groups in total. The number of carbonyl (C=O) groups excluding carboxylic acids is 1. The van der Waals surface area contributed by atoms with Gasteiger partial charge in [-0.15, -0.1) is 0 Å². The van der Waals surface area contributed by atoms with Crippen molar-refractivity contribution in [1.82, 2.24) is 5.32 Å². The predicted molar refractivity (Wildman–Crippen MR) is 96.3 cm³/mol. The highest BCUT2D eigenvalue weighted by atomic mass is 19.4. The number of ether oxygens (including phenoxy) is 1. The Morgan fingerprint density at radius 2 is 1.75 bits per heavy atom. The Bertz CT molecular complexity index is 836. The van der Waals surface area contributed by atoms with Gasteiger partial charge in [0.15, 0.2) is 0 Å². The molecule has 0 aliphatic rings. The summed E-state index contributed by atoms with van der Waals surface area (Å²) in [5.41, 5.74) is -0.206. The molecule has 0 saturated carbocycles. The van der Waals surface area contributed by atoms with Crippen LogP contribution in [-0.4, -0.2) is 29.6 Å². The van der Waals surface area contributed by atoms with E-state index in [-0.39, 0.29) is 36.7 Å². The van der Waals surface area contributed by atoms with Gasteiger partial charge in [0, 0.05) is 6.42 Å². The lowest BCUT2D eigenvalue weighted by Crippen LogP contribution is -2.37. The summed E-state index contributed by atoms with van der Waals surface area (Å²) in [5.74, 6) is -1.71. The number of hydrogen-bond donors (Lipinski definition) is 2. The summed E-state index contributed by atoms with van der Waals surface area (Å²) in [5, 5.41) is 11.8. The monoisotopic (exact) mass is 395 g/mol. The Morgan fingerprint density at radius 3 is 2.43 bits per heavy atom. The van der Waals surface area contributed by atoms with Crippen LogP contribution in [0.25, 0.3) is 0 Å². The van der Waals surface area contributed by atoms with E-state index in [4.69, 9.17) is 9.84 Å². The number of rotatable bonds is 8. The van der Waals surface area contributed by atoms with Gasteiger partial charge >= 0.3 is 12.1 Å². The third kappa shape index (κ3) is 6.00. The molecule has 2 aromatic rings. The molecule has 2 rings (SSSR count). The standard InChI is InChI=1S/C20H20F3NO4/c1-13(12-28-17-9-5-4-8-16(17)20(21,22)23)24-18(25)11-10-14-6-2-3-7-15(14)19(26)27/h2-9,13H,10-12H2,1H3,(H,24,25)(H,26,27). The number of para-hydroxylation sites is 1. The van der Waals surface area contributed by atoms with Crippen LogP contribution in [-0.2, 0) is 17.4 Å². The number of nitrogens with one attached hydrogen (secondary N) is 1. The Kier molecular flexibility index (Phi) is 7.03. The van der Waals surface area contributed by atoms with Crippen molar-refractivity contribution < 1.29 is 32.6 Å². The number of carbonyl (C=O) groups is 2. The van der Waals surface area contributed by atoms with Gasteiger partial charge in [-0.2, -0.15) is 13.2 Å². The quantitative estimate of drug-likeness (QED) is 0.710. The van der Waals surface area contributed by atoms with Crippen molar-refractivity contribution >= 4 is 11.9 Å². The number of amides is 1. The molecule has 0 saturated heterocycles. The molecule has 0 aromatic heterocycles. The number of halogens is 3. The Morgan fingerprint density at radius 1 is 1.11 bits per heavy atom. The van der Waals surface area contributed by atoms with Gasteiger partial charge < -0.3 is 15.2 Å². The molecule has 0 aliphatic heterocycles. The Labute approximate surface area is 160 Å². The second-order valence-corrected chi connectivity index (χ2v) is 6.24. The minimum absolute atomic E-state index is 0.0494. The fraction of sp³-hybridized carbons (Fsp3) is 0.300. The number of aryl methyl sites for hydroxylation is 1. The van der Waals surface area contributed by atoms with Crippen LogP contribution in [0, 0.1) is 0 Å². The number of aromatic carboxylic acids is 1. The molecule has 0 fully saturated rings. The number of carboxylic acid groups (broad SMARTS) is 1. The number of alkyl halides is 3. The van der Waals surface area contributed by atoms with Gasteiger partial charge in [-0.25, -0.2) is 4.79 Å². The average Bonchev–Trinajstić information content (AvgIpc) is 2.64. The summed E-state index contributed by atoms with van der Waals surface area (Å²) >= 11 is 0. The molecule has 0 heterocycles. The summed E-state index contributed by atoms with van der Waals surface area (Å²) < 4.78 is 44.1. The van der Waals surface area contributed by atoms with Crippen LogP contribution >= 0.6 is 0 Å². The molecule has 0 bridgehead atoms. The summed E-state index contributed by atoms with van der Waals surface area (Å²) in [7, 11) is 0. The van der Waals surface area contributed by atoms with Crippen LogP contribution in [0.3, 0.4) is 0 Å². The van der Waals surface area contributed by atoms with Crippen molar-refractivity contribution in [3.63, 3.8) is 0 Å². The molecule has 150 valence electrons. The second kappa shape index (κ2) is 9.25. The lowest BCUT2D eigenvalue weighted by atomic mass is 10.0. The lowest BCUT2D eigenvalue weighted by molar-refractivity contribution is -0.139. The first kappa shape index (κ1) is 21.3. The maximum atomic E-state index is 12.9. The molecule has 28 heavy (non-hydrogen) atoms. The molecular weight excluding hydrogens is 375 g/mol. The fourth-order valence-corrected chi connectivity index (χ4v) is 2.63. The zero-order valence-electron chi connectivity index (χ0n) is 15.1. The molecule has 1 amide bonds. The van der Waals surface area contributed by atoms with Gasteiger partial charge in [0.2, 0.25) is 5.91 Å². The first-order valence-electron chi connectivity index (χ1n) is 8.58. The van der Waals surface area contributed by atoms with E-state index in [1.807, 2.05) is 0 Å². The maximum Gasteiger partial charge on any atom is 0.419 e. The minimum Gasteiger partial charge on any atom is -0.491 e. The zero-order valence-corrected chi connectivity index (χ0v) is 15.1. The van der Waals surface area contributed by atoms with E-state index in [1.165, 1.54) is 24.3 Å². The molecule has 1 atom stereocenters. The van der Waals surface area contributed by atoms with Crippen molar-refractivity contribution in [2.45, 2.75) is 32.0 Å². The zero-order chi connectivity index (χ0) is 20.7. The molecule has 2 aromatic carbocycles. The number of benzene rings is 2. The summed E-state index contributed by atoms with van der Waals surface area (Å²) in [6, 6.07) is 10.7. The van der Waals surface area contributed by atoms with Crippen LogP contribution in [0.15, 0.2) is 48.5 Å². The summed E-state index contributed by atoms with van der Waals surface area (Å²) in [6.45, 7) is 1.48. The van der Waals surface area contributed by atoms with Gasteiger partial charge in [0.05, 0.1) is 17.2 Å². The van der Waals surface area contributed by atoms with Crippen LogP contribution < -0.4 is 10.1 Å². The van der Waals surface area contributed by atoms with Gasteiger partial charge in [-0.3, -0.25) is 4.79 Å². The minimum atomic E-state index is -4.53. The Balaban J connectivity index is 1.87. The molecule has 1 unspecified atom stereocenters. The van der Waals surface area contributed by atoms with E-state index in [0.717, 1.165) is 6.07 Å². The highest BCUT2D eigenvalue weighted by Crippen LogP contribution is 2.35. The molecule has 8 heteroatoms. The fourth-order valence-electron chi connectivity index (χ4n) is 2.63. The van der Waals surface area contributed by atoms with E-state index < -0.39 is 23.8 Å². The third-order valence-electron chi connectivity index (χ3n) is 3.96. The molecular formula is C20H20F3NO4. The topological polar surface area (TPSA) is 75.6 Å². The van der Waals surface area contributed by atoms with Crippen LogP contribution in [0.5, 0.6) is 5.75 Å². The summed E-state index contributed by atoms with van der Waals surface area (Å²) in [4.78, 5) is 23.2. The van der Waals surface area contributed by atoms with Crippen molar-refractivity contribution in [3.8, 4) is 5.75 Å². The average molecular weight is 395 g/mol. The van der Waals surface area contributed by atoms with Crippen LogP contribution in [0.2, 0.25) is 0 Å². The largest absolute Gasteiger partial charge is 0.491 e. The SMILES string of the molecule is CC(COc1ccccc1C(F)(F)F)NC(=O)CCc1ccccc1C(=O)O. The smallest absolute Gasteiger partial charge is 0.419 e. The molecule has 0 radical (unpaired) electrons. The van der Waals surface area contributed by atoms with Crippen LogP contribution in [0.1, 0.15) is 34.8 Å². The van der Waals surface area contributed by atoms with E-state index in [1.54, 1.807) is 25.1 Å². The third-order valence-corrected chi connectivity index (χ3v) is 3.96. The summed E-state index contributed by atoms with van der Waals surface area (Å²) in [6.07, 6.45) is -4.24. The van der Waals surface area contributed by atoms with Gasteiger partial charge in [0.1, 0.15) is 12.4 Å². The van der Waals surface area contributed by atoms with Crippen LogP contribution in [0.4, 0.5) is 13.2 Å². The highest BCUT2D eigenvalue weighted by Gasteiger charge is 2.34. The van der Waals surface area contributed by atoms with Gasteiger partial charge in [0.25, 0.3) is 0 Å². The van der Waals surface area contributed by atoms with Crippen molar-refractivity contribution in [3.05, 3.63) is 65.2 Å². The van der Waals surface area contributed by atoms with Crippen molar-refractivity contribution in [2.75, 3.05) is 6.61 Å². The number of hydrogen-bond acceptors (Lipinski definition) is 3. The maximum absolute atomic E-state index is 12.9. The first-order valence-corrected chi connectivity index (χ1v) is 8.58. The first-order chi connectivity index (χ1) is 13.2. The van der Waals surface area contributed by atoms with Gasteiger partial charge in [-0.05, 0) is 37.1 Å². The second-order valence-electron chi connectivity index (χ2n) is 6.24. The van der Waals surface area contributed by atoms with Crippen molar-refractivity contribution in [2.24, 2.45) is 0 Å². The van der Waals surface area contributed by atoms with Crippen molar-refractivity contribution in [1.29, 1.82) is 0 Å². The molecule has 5 nitrogen and oxygen atoms in total. The normalized spacial score (nSPS) is 12.3. The molecule has 0 aliphatic carbocycles. The Hall–Kier alpha value is -3.03. The molecule has 0 spiro atoms. The number of carboxylic acids is 1. The van der Waals surface area contributed by atoms with E-state index in [9.17, 15) is 22.8 Å². The highest BCUT2D eigenvalue weighted by molar-refractivity contribution is 5.89.